The molecule has 3 saturated heterocycles. The van der Waals surface area contributed by atoms with Crippen molar-refractivity contribution in [2.45, 2.75) is 50.7 Å². The Morgan fingerprint density at radius 3 is 2.19 bits per heavy atom. The number of carbonyl (C=O) groups is 2. The molecular weight excluding hydrogens is 332 g/mol. The van der Waals surface area contributed by atoms with Gasteiger partial charge >= 0.3 is 6.09 Å². The lowest BCUT2D eigenvalue weighted by molar-refractivity contribution is 0.0544. The van der Waals surface area contributed by atoms with E-state index in [9.17, 15) is 14.7 Å². The monoisotopic (exact) mass is 358 g/mol. The molecule has 3 aliphatic heterocycles. The first-order valence-corrected chi connectivity index (χ1v) is 9.50. The summed E-state index contributed by atoms with van der Waals surface area (Å²) >= 11 is 0. The van der Waals surface area contributed by atoms with Crippen LogP contribution in [0.2, 0.25) is 0 Å². The quantitative estimate of drug-likeness (QED) is 0.834. The molecule has 0 aliphatic carbocycles. The molecule has 1 aromatic heterocycles. The molecule has 7 heteroatoms. The summed E-state index contributed by atoms with van der Waals surface area (Å²) in [7, 11) is 0. The highest BCUT2D eigenvalue weighted by Crippen LogP contribution is 2.37. The van der Waals surface area contributed by atoms with Gasteiger partial charge in [0, 0.05) is 56.1 Å². The largest absolute Gasteiger partial charge is 0.465 e. The first-order valence-electron chi connectivity index (χ1n) is 9.50. The molecule has 4 heterocycles. The molecular formula is C19H26N4O3. The van der Waals surface area contributed by atoms with Crippen molar-refractivity contribution in [2.75, 3.05) is 31.1 Å². The van der Waals surface area contributed by atoms with E-state index >= 15 is 0 Å². The van der Waals surface area contributed by atoms with Gasteiger partial charge in [-0.1, -0.05) is 0 Å². The highest BCUT2D eigenvalue weighted by molar-refractivity contribution is 5.93. The Bertz CT molecular complexity index is 671. The van der Waals surface area contributed by atoms with Gasteiger partial charge in [-0.15, -0.1) is 0 Å². The van der Waals surface area contributed by atoms with Crippen LogP contribution in [0.1, 0.15) is 43.0 Å². The van der Waals surface area contributed by atoms with Crippen LogP contribution in [0.15, 0.2) is 18.3 Å². The van der Waals surface area contributed by atoms with Crippen LogP contribution in [0.3, 0.4) is 0 Å². The van der Waals surface area contributed by atoms with E-state index in [0.717, 1.165) is 57.7 Å². The third-order valence-corrected chi connectivity index (χ3v) is 6.24. The molecule has 26 heavy (non-hydrogen) atoms. The van der Waals surface area contributed by atoms with Crippen LogP contribution >= 0.6 is 0 Å². The van der Waals surface area contributed by atoms with E-state index in [0.29, 0.717) is 11.6 Å². The van der Waals surface area contributed by atoms with E-state index in [1.165, 1.54) is 0 Å². The number of ketones is 1. The number of aromatic nitrogens is 1. The lowest BCUT2D eigenvalue weighted by Gasteiger charge is -2.45. The lowest BCUT2D eigenvalue weighted by atomic mass is 9.95. The molecule has 1 N–H and O–H groups in total. The molecule has 1 aromatic rings. The predicted molar refractivity (Wildman–Crippen MR) is 97.7 cm³/mol. The summed E-state index contributed by atoms with van der Waals surface area (Å²) in [5, 5.41) is 9.41. The smallest absolute Gasteiger partial charge is 0.407 e. The summed E-state index contributed by atoms with van der Waals surface area (Å²) in [6, 6.07) is 4.68. The van der Waals surface area contributed by atoms with Gasteiger partial charge in [0.2, 0.25) is 0 Å². The van der Waals surface area contributed by atoms with E-state index in [1.807, 2.05) is 12.1 Å². The number of hydrogen-bond acceptors (Lipinski definition) is 5. The number of pyridine rings is 1. The molecule has 3 fully saturated rings. The Hall–Kier alpha value is -2.15. The lowest BCUT2D eigenvalue weighted by Crippen LogP contribution is -2.56. The topological polar surface area (TPSA) is 77.0 Å². The van der Waals surface area contributed by atoms with Crippen molar-refractivity contribution < 1.29 is 14.7 Å². The summed E-state index contributed by atoms with van der Waals surface area (Å²) in [4.78, 5) is 33.8. The molecule has 1 amide bonds. The van der Waals surface area contributed by atoms with Crippen LogP contribution in [-0.2, 0) is 0 Å². The third kappa shape index (κ3) is 3.16. The first-order chi connectivity index (χ1) is 12.5. The van der Waals surface area contributed by atoms with Crippen LogP contribution in [0.25, 0.3) is 0 Å². The first kappa shape index (κ1) is 17.3. The molecule has 0 radical (unpaired) electrons. The SMILES string of the molecule is CC(=O)c1ccc(N2CCN(C3CC4CCC(C3)N4C(=O)O)CC2)nc1. The summed E-state index contributed by atoms with van der Waals surface area (Å²) in [5.41, 5.74) is 0.646. The Labute approximate surface area is 153 Å². The highest BCUT2D eigenvalue weighted by atomic mass is 16.4. The van der Waals surface area contributed by atoms with Gasteiger partial charge in [0.25, 0.3) is 0 Å². The fourth-order valence-corrected chi connectivity index (χ4v) is 4.86. The molecule has 140 valence electrons. The van der Waals surface area contributed by atoms with Gasteiger partial charge in [-0.2, -0.15) is 0 Å². The second kappa shape index (κ2) is 6.87. The molecule has 2 atom stereocenters. The second-order valence-corrected chi connectivity index (χ2v) is 7.68. The van der Waals surface area contributed by atoms with Gasteiger partial charge in [0.05, 0.1) is 0 Å². The normalized spacial score (nSPS) is 29.0. The zero-order valence-electron chi connectivity index (χ0n) is 15.2. The fourth-order valence-electron chi connectivity index (χ4n) is 4.86. The van der Waals surface area contributed by atoms with Crippen LogP contribution < -0.4 is 4.90 Å². The fraction of sp³-hybridized carbons (Fsp3) is 0.632. The van der Waals surface area contributed by atoms with Crippen LogP contribution in [-0.4, -0.2) is 76.1 Å². The summed E-state index contributed by atoms with van der Waals surface area (Å²) < 4.78 is 0. The minimum atomic E-state index is -0.749. The Morgan fingerprint density at radius 2 is 1.69 bits per heavy atom. The number of piperazine rings is 1. The van der Waals surface area contributed by atoms with Crippen molar-refractivity contribution in [3.63, 3.8) is 0 Å². The van der Waals surface area contributed by atoms with E-state index in [1.54, 1.807) is 18.0 Å². The Balaban J connectivity index is 1.34. The minimum absolute atomic E-state index is 0.0382. The average Bonchev–Trinajstić information content (AvgIpc) is 2.92. The van der Waals surface area contributed by atoms with Crippen molar-refractivity contribution in [2.24, 2.45) is 0 Å². The number of carbonyl (C=O) groups excluding carboxylic acids is 1. The van der Waals surface area contributed by atoms with E-state index in [2.05, 4.69) is 14.8 Å². The maximum atomic E-state index is 11.4. The number of rotatable bonds is 3. The van der Waals surface area contributed by atoms with Crippen LogP contribution in [0, 0.1) is 0 Å². The van der Waals surface area contributed by atoms with Crippen molar-refractivity contribution in [3.05, 3.63) is 23.9 Å². The van der Waals surface area contributed by atoms with Crippen molar-refractivity contribution in [3.8, 4) is 0 Å². The number of Topliss-reactive ketones (excluding diaryl/α,β-unsaturated/α-hetero) is 1. The van der Waals surface area contributed by atoms with Gasteiger partial charge in [-0.05, 0) is 44.7 Å². The molecule has 3 aliphatic rings. The maximum Gasteiger partial charge on any atom is 0.407 e. The molecule has 0 spiro atoms. The van der Waals surface area contributed by atoms with Crippen molar-refractivity contribution in [1.82, 2.24) is 14.8 Å². The summed E-state index contributed by atoms with van der Waals surface area (Å²) in [5.74, 6) is 0.964. The van der Waals surface area contributed by atoms with Gasteiger partial charge in [-0.3, -0.25) is 9.69 Å². The zero-order valence-corrected chi connectivity index (χ0v) is 15.2. The second-order valence-electron chi connectivity index (χ2n) is 7.68. The molecule has 0 aromatic carbocycles. The van der Waals surface area contributed by atoms with Crippen molar-refractivity contribution in [1.29, 1.82) is 0 Å². The van der Waals surface area contributed by atoms with E-state index < -0.39 is 6.09 Å². The number of hydrogen-bond donors (Lipinski definition) is 1. The number of piperidine rings is 1. The Morgan fingerprint density at radius 1 is 1.04 bits per heavy atom. The van der Waals surface area contributed by atoms with Gasteiger partial charge in [-0.25, -0.2) is 9.78 Å². The molecule has 4 rings (SSSR count). The van der Waals surface area contributed by atoms with Crippen molar-refractivity contribution >= 4 is 17.7 Å². The van der Waals surface area contributed by atoms with Crippen LogP contribution in [0.5, 0.6) is 0 Å². The summed E-state index contributed by atoms with van der Waals surface area (Å²) in [6.07, 6.45) is 4.87. The van der Waals surface area contributed by atoms with Gasteiger partial charge < -0.3 is 14.9 Å². The average molecular weight is 358 g/mol. The number of amides is 1. The predicted octanol–water partition coefficient (Wildman–Crippen LogP) is 2.08. The minimum Gasteiger partial charge on any atom is -0.465 e. The summed E-state index contributed by atoms with van der Waals surface area (Å²) in [6.45, 7) is 5.35. The zero-order chi connectivity index (χ0) is 18.3. The van der Waals surface area contributed by atoms with Gasteiger partial charge in [0.15, 0.2) is 5.78 Å². The third-order valence-electron chi connectivity index (χ3n) is 6.24. The maximum absolute atomic E-state index is 11.4. The van der Waals surface area contributed by atoms with E-state index in [-0.39, 0.29) is 17.9 Å². The molecule has 2 unspecified atom stereocenters. The molecule has 2 bridgehead atoms. The number of fused-ring (bicyclic) bond motifs is 2. The standard InChI is InChI=1S/C19H26N4O3/c1-13(24)14-2-5-18(20-12-14)22-8-6-21(7-9-22)17-10-15-3-4-16(11-17)23(15)19(25)26/h2,5,12,15-17H,3-4,6-11H2,1H3,(H,25,26). The number of anilines is 1. The highest BCUT2D eigenvalue weighted by Gasteiger charge is 2.45. The number of nitrogens with zero attached hydrogens (tertiary/aromatic N) is 4. The van der Waals surface area contributed by atoms with Gasteiger partial charge in [0.1, 0.15) is 5.82 Å². The Kier molecular flexibility index (Phi) is 4.56. The molecule has 0 saturated carbocycles. The van der Waals surface area contributed by atoms with E-state index in [4.69, 9.17) is 0 Å². The number of carboxylic acid groups (broad SMARTS) is 1. The molecule has 7 nitrogen and oxygen atoms in total. The van der Waals surface area contributed by atoms with Crippen LogP contribution in [0.4, 0.5) is 10.6 Å².